The molecule has 0 fully saturated rings. The molecule has 0 N–H and O–H groups in total. The summed E-state index contributed by atoms with van der Waals surface area (Å²) in [5.74, 6) is 0. The summed E-state index contributed by atoms with van der Waals surface area (Å²) in [6, 6.07) is 6.17. The summed E-state index contributed by atoms with van der Waals surface area (Å²) in [5, 5.41) is 0. The number of pyridine rings is 2. The first-order valence-electron chi connectivity index (χ1n) is 5.41. The van der Waals surface area contributed by atoms with Crippen LogP contribution in [0.5, 0.6) is 0 Å². The molecule has 2 rings (SSSR count). The molecule has 17 heavy (non-hydrogen) atoms. The van der Waals surface area contributed by atoms with Crippen molar-refractivity contribution in [1.29, 1.82) is 0 Å². The van der Waals surface area contributed by atoms with Crippen LogP contribution >= 0.6 is 15.9 Å². The minimum Gasteiger partial charge on any atom is -0.298 e. The van der Waals surface area contributed by atoms with Gasteiger partial charge in [0.1, 0.15) is 0 Å². The maximum absolute atomic E-state index is 4.16. The van der Waals surface area contributed by atoms with E-state index in [0.29, 0.717) is 0 Å². The highest BCUT2D eigenvalue weighted by Gasteiger charge is 2.02. The van der Waals surface area contributed by atoms with Crippen LogP contribution in [0.25, 0.3) is 0 Å². The van der Waals surface area contributed by atoms with Crippen molar-refractivity contribution < 1.29 is 0 Å². The number of hydrogen-bond donors (Lipinski definition) is 0. The Labute approximate surface area is 110 Å². The monoisotopic (exact) mass is 291 g/mol. The predicted octanol–water partition coefficient (Wildman–Crippen LogP) is 2.87. The number of hydrogen-bond acceptors (Lipinski definition) is 3. The van der Waals surface area contributed by atoms with E-state index in [2.05, 4.69) is 43.9 Å². The van der Waals surface area contributed by atoms with Gasteiger partial charge in [-0.25, -0.2) is 0 Å². The van der Waals surface area contributed by atoms with Crippen molar-refractivity contribution >= 4 is 15.9 Å². The number of rotatable bonds is 4. The van der Waals surface area contributed by atoms with Crippen molar-refractivity contribution in [2.75, 3.05) is 7.05 Å². The van der Waals surface area contributed by atoms with E-state index in [1.165, 1.54) is 11.1 Å². The topological polar surface area (TPSA) is 29.0 Å². The van der Waals surface area contributed by atoms with Crippen LogP contribution in [0.15, 0.2) is 47.5 Å². The van der Waals surface area contributed by atoms with Gasteiger partial charge in [0.25, 0.3) is 0 Å². The molecule has 0 amide bonds. The second-order valence-electron chi connectivity index (χ2n) is 4.04. The molecule has 4 heteroatoms. The zero-order chi connectivity index (χ0) is 12.1. The summed E-state index contributed by atoms with van der Waals surface area (Å²) in [4.78, 5) is 10.4. The molecule has 2 aromatic rings. The summed E-state index contributed by atoms with van der Waals surface area (Å²) in [5.41, 5.74) is 2.47. The molecular formula is C13H14BrN3. The van der Waals surface area contributed by atoms with E-state index in [1.54, 1.807) is 6.20 Å². The molecular weight excluding hydrogens is 278 g/mol. The Morgan fingerprint density at radius 1 is 1.06 bits per heavy atom. The highest BCUT2D eigenvalue weighted by Crippen LogP contribution is 2.12. The molecule has 0 bridgehead atoms. The molecule has 0 spiro atoms. The van der Waals surface area contributed by atoms with Crippen LogP contribution in [0.3, 0.4) is 0 Å². The Bertz CT molecular complexity index is 473. The molecule has 0 aliphatic rings. The van der Waals surface area contributed by atoms with Crippen LogP contribution in [0.4, 0.5) is 0 Å². The molecule has 0 saturated heterocycles. The Balaban J connectivity index is 1.96. The van der Waals surface area contributed by atoms with Crippen molar-refractivity contribution in [2.24, 2.45) is 0 Å². The fourth-order valence-corrected chi connectivity index (χ4v) is 2.12. The second-order valence-corrected chi connectivity index (χ2v) is 4.95. The third-order valence-corrected chi connectivity index (χ3v) is 2.85. The lowest BCUT2D eigenvalue weighted by molar-refractivity contribution is 0.318. The first kappa shape index (κ1) is 12.2. The van der Waals surface area contributed by atoms with Gasteiger partial charge in [0.15, 0.2) is 0 Å². The second kappa shape index (κ2) is 5.89. The maximum Gasteiger partial charge on any atom is 0.0410 e. The largest absolute Gasteiger partial charge is 0.298 e. The van der Waals surface area contributed by atoms with E-state index < -0.39 is 0 Å². The molecule has 0 radical (unpaired) electrons. The summed E-state index contributed by atoms with van der Waals surface area (Å²) >= 11 is 3.43. The zero-order valence-electron chi connectivity index (χ0n) is 9.68. The quantitative estimate of drug-likeness (QED) is 0.867. The van der Waals surface area contributed by atoms with Crippen molar-refractivity contribution in [3.8, 4) is 0 Å². The molecule has 3 nitrogen and oxygen atoms in total. The smallest absolute Gasteiger partial charge is 0.0410 e. The first-order valence-corrected chi connectivity index (χ1v) is 6.20. The van der Waals surface area contributed by atoms with E-state index >= 15 is 0 Å². The van der Waals surface area contributed by atoms with Crippen LogP contribution < -0.4 is 0 Å². The average Bonchev–Trinajstić information content (AvgIpc) is 2.30. The minimum atomic E-state index is 0.884. The van der Waals surface area contributed by atoms with Gasteiger partial charge in [-0.2, -0.15) is 0 Å². The highest BCUT2D eigenvalue weighted by atomic mass is 79.9. The zero-order valence-corrected chi connectivity index (χ0v) is 11.3. The average molecular weight is 292 g/mol. The Morgan fingerprint density at radius 2 is 1.76 bits per heavy atom. The van der Waals surface area contributed by atoms with Gasteiger partial charge >= 0.3 is 0 Å². The molecule has 0 unspecified atom stereocenters. The predicted molar refractivity (Wildman–Crippen MR) is 71.3 cm³/mol. The lowest BCUT2D eigenvalue weighted by Gasteiger charge is -2.16. The SMILES string of the molecule is CN(Cc1ccncc1)Cc1cncc(Br)c1. The molecule has 0 aromatic carbocycles. The van der Waals surface area contributed by atoms with E-state index in [-0.39, 0.29) is 0 Å². The van der Waals surface area contributed by atoms with Gasteiger partial charge in [-0.15, -0.1) is 0 Å². The third-order valence-electron chi connectivity index (χ3n) is 2.42. The van der Waals surface area contributed by atoms with Gasteiger partial charge in [0, 0.05) is 42.3 Å². The van der Waals surface area contributed by atoms with Gasteiger partial charge in [-0.1, -0.05) is 0 Å². The summed E-state index contributed by atoms with van der Waals surface area (Å²) < 4.78 is 1.02. The van der Waals surface area contributed by atoms with Gasteiger partial charge in [-0.05, 0) is 52.3 Å². The van der Waals surface area contributed by atoms with E-state index in [0.717, 1.165) is 17.6 Å². The summed E-state index contributed by atoms with van der Waals surface area (Å²) in [6.07, 6.45) is 7.34. The normalized spacial score (nSPS) is 10.8. The van der Waals surface area contributed by atoms with Gasteiger partial charge in [0.05, 0.1) is 0 Å². The molecule has 2 aromatic heterocycles. The molecule has 0 saturated carbocycles. The van der Waals surface area contributed by atoms with Crippen LogP contribution in [0.2, 0.25) is 0 Å². The van der Waals surface area contributed by atoms with Crippen LogP contribution in [-0.2, 0) is 13.1 Å². The van der Waals surface area contributed by atoms with Crippen molar-refractivity contribution in [1.82, 2.24) is 14.9 Å². The lowest BCUT2D eigenvalue weighted by Crippen LogP contribution is -2.17. The first-order chi connectivity index (χ1) is 8.24. The molecule has 0 atom stereocenters. The van der Waals surface area contributed by atoms with Gasteiger partial charge < -0.3 is 0 Å². The molecule has 2 heterocycles. The standard InChI is InChI=1S/C13H14BrN3/c1-17(9-11-2-4-15-5-3-11)10-12-6-13(14)8-16-7-12/h2-8H,9-10H2,1H3. The van der Waals surface area contributed by atoms with E-state index in [1.807, 2.05) is 30.7 Å². The van der Waals surface area contributed by atoms with Crippen molar-refractivity contribution in [2.45, 2.75) is 13.1 Å². The number of halogens is 1. The van der Waals surface area contributed by atoms with Crippen LogP contribution in [0, 0.1) is 0 Å². The fraction of sp³-hybridized carbons (Fsp3) is 0.231. The van der Waals surface area contributed by atoms with Gasteiger partial charge in [-0.3, -0.25) is 14.9 Å². The Hall–Kier alpha value is -1.26. The van der Waals surface area contributed by atoms with Crippen molar-refractivity contribution in [3.05, 3.63) is 58.6 Å². The highest BCUT2D eigenvalue weighted by molar-refractivity contribution is 9.10. The Kier molecular flexibility index (Phi) is 4.23. The lowest BCUT2D eigenvalue weighted by atomic mass is 10.2. The minimum absolute atomic E-state index is 0.884. The van der Waals surface area contributed by atoms with E-state index in [4.69, 9.17) is 0 Å². The maximum atomic E-state index is 4.16. The Morgan fingerprint density at radius 3 is 2.47 bits per heavy atom. The number of nitrogens with zero attached hydrogens (tertiary/aromatic N) is 3. The fourth-order valence-electron chi connectivity index (χ4n) is 1.71. The summed E-state index contributed by atoms with van der Waals surface area (Å²) in [6.45, 7) is 1.80. The number of aromatic nitrogens is 2. The molecule has 88 valence electrons. The third kappa shape index (κ3) is 3.91. The van der Waals surface area contributed by atoms with Gasteiger partial charge in [0.2, 0.25) is 0 Å². The molecule has 0 aliphatic heterocycles. The van der Waals surface area contributed by atoms with Crippen molar-refractivity contribution in [3.63, 3.8) is 0 Å². The van der Waals surface area contributed by atoms with E-state index in [9.17, 15) is 0 Å². The van der Waals surface area contributed by atoms with Crippen LogP contribution in [0.1, 0.15) is 11.1 Å². The van der Waals surface area contributed by atoms with Crippen LogP contribution in [-0.4, -0.2) is 21.9 Å². The summed E-state index contributed by atoms with van der Waals surface area (Å²) in [7, 11) is 2.10. The molecule has 0 aliphatic carbocycles.